The Balaban J connectivity index is 1.53. The van der Waals surface area contributed by atoms with E-state index in [9.17, 15) is 9.18 Å². The molecule has 4 rings (SSSR count). The van der Waals surface area contributed by atoms with E-state index in [1.165, 1.54) is 18.6 Å². The van der Waals surface area contributed by atoms with Gasteiger partial charge in [0.05, 0.1) is 7.11 Å². The van der Waals surface area contributed by atoms with Gasteiger partial charge in [-0.1, -0.05) is 37.5 Å². The molecule has 168 valence electrons. The average Bonchev–Trinajstić information content (AvgIpc) is 3.01. The molecule has 7 heteroatoms. The lowest BCUT2D eigenvalue weighted by Gasteiger charge is -2.30. The summed E-state index contributed by atoms with van der Waals surface area (Å²) in [4.78, 5) is 16.8. The second-order valence-electron chi connectivity index (χ2n) is 8.17. The summed E-state index contributed by atoms with van der Waals surface area (Å²) in [5, 5.41) is 0.565. The van der Waals surface area contributed by atoms with E-state index >= 15 is 0 Å². The highest BCUT2D eigenvalue weighted by Gasteiger charge is 2.40. The number of thiocarbonyl (C=S) groups is 1. The lowest BCUT2D eigenvalue weighted by atomic mass is 9.94. The standard InChI is InChI=1S/C25H27FN2O3S/c1-27-21(24(29)28(25(27)32)20-9-4-3-5-10-20)14-17-11-12-22(23(15-17)30-2)31-16-18-7-6-8-19(26)13-18/h6-8,11-15,20H,3-5,9-10,16H2,1-2H3/b21-14-. The van der Waals surface area contributed by atoms with Crippen LogP contribution in [0.3, 0.4) is 0 Å². The zero-order chi connectivity index (χ0) is 22.7. The molecule has 2 aromatic carbocycles. The molecule has 0 N–H and O–H groups in total. The molecule has 0 bridgehead atoms. The van der Waals surface area contributed by atoms with Crippen molar-refractivity contribution >= 4 is 29.3 Å². The number of hydrogen-bond acceptors (Lipinski definition) is 4. The summed E-state index contributed by atoms with van der Waals surface area (Å²) >= 11 is 5.59. The number of methoxy groups -OCH3 is 1. The number of hydrogen-bond donors (Lipinski definition) is 0. The van der Waals surface area contributed by atoms with E-state index in [0.717, 1.165) is 36.8 Å². The number of halogens is 1. The van der Waals surface area contributed by atoms with Crippen LogP contribution in [0.25, 0.3) is 6.08 Å². The van der Waals surface area contributed by atoms with E-state index in [1.54, 1.807) is 35.1 Å². The van der Waals surface area contributed by atoms with Gasteiger partial charge in [-0.2, -0.15) is 0 Å². The first-order valence-corrected chi connectivity index (χ1v) is 11.3. The fourth-order valence-electron chi connectivity index (χ4n) is 4.28. The maximum Gasteiger partial charge on any atom is 0.277 e. The maximum absolute atomic E-state index is 13.4. The van der Waals surface area contributed by atoms with Gasteiger partial charge in [-0.05, 0) is 66.5 Å². The van der Waals surface area contributed by atoms with Crippen molar-refractivity contribution in [2.45, 2.75) is 44.8 Å². The third-order valence-corrected chi connectivity index (χ3v) is 6.48. The summed E-state index contributed by atoms with van der Waals surface area (Å²) in [5.41, 5.74) is 2.09. The first-order valence-electron chi connectivity index (χ1n) is 10.9. The molecule has 2 aromatic rings. The molecule has 0 aromatic heterocycles. The van der Waals surface area contributed by atoms with E-state index in [2.05, 4.69) is 0 Å². The van der Waals surface area contributed by atoms with Gasteiger partial charge in [0.2, 0.25) is 0 Å². The average molecular weight is 455 g/mol. The fraction of sp³-hybridized carbons (Fsp3) is 0.360. The van der Waals surface area contributed by atoms with Gasteiger partial charge in [-0.15, -0.1) is 0 Å². The number of amides is 1. The van der Waals surface area contributed by atoms with Gasteiger partial charge >= 0.3 is 0 Å². The molecule has 0 unspecified atom stereocenters. The highest BCUT2D eigenvalue weighted by molar-refractivity contribution is 7.80. The van der Waals surface area contributed by atoms with Crippen LogP contribution < -0.4 is 9.47 Å². The lowest BCUT2D eigenvalue weighted by molar-refractivity contribution is -0.124. The van der Waals surface area contributed by atoms with Gasteiger partial charge in [-0.25, -0.2) is 4.39 Å². The number of carbonyl (C=O) groups is 1. The Morgan fingerprint density at radius 1 is 1.12 bits per heavy atom. The van der Waals surface area contributed by atoms with E-state index in [4.69, 9.17) is 21.7 Å². The van der Waals surface area contributed by atoms with E-state index in [-0.39, 0.29) is 24.4 Å². The number of nitrogens with zero attached hydrogens (tertiary/aromatic N) is 2. The van der Waals surface area contributed by atoms with Gasteiger partial charge in [0.1, 0.15) is 18.1 Å². The predicted octanol–water partition coefficient (Wildman–Crippen LogP) is 5.15. The molecule has 1 heterocycles. The normalized spacial score (nSPS) is 18.5. The Morgan fingerprint density at radius 2 is 1.91 bits per heavy atom. The Morgan fingerprint density at radius 3 is 2.62 bits per heavy atom. The molecule has 1 saturated heterocycles. The molecular weight excluding hydrogens is 427 g/mol. The minimum absolute atomic E-state index is 0.0465. The number of rotatable bonds is 6. The third kappa shape index (κ3) is 4.63. The van der Waals surface area contributed by atoms with Crippen LogP contribution in [0.5, 0.6) is 11.5 Å². The van der Waals surface area contributed by atoms with Crippen molar-refractivity contribution in [3.05, 3.63) is 65.1 Å². The number of likely N-dealkylation sites (N-methyl/N-ethyl adjacent to an activating group) is 1. The van der Waals surface area contributed by atoms with E-state index in [0.29, 0.717) is 22.3 Å². The highest BCUT2D eigenvalue weighted by atomic mass is 32.1. The molecule has 2 aliphatic rings. The largest absolute Gasteiger partial charge is 0.493 e. The van der Waals surface area contributed by atoms with Gasteiger partial charge in [-0.3, -0.25) is 9.69 Å². The van der Waals surface area contributed by atoms with Crippen molar-refractivity contribution in [3.63, 3.8) is 0 Å². The zero-order valence-corrected chi connectivity index (χ0v) is 19.2. The Bertz CT molecular complexity index is 1050. The van der Waals surface area contributed by atoms with E-state index < -0.39 is 0 Å². The van der Waals surface area contributed by atoms with Crippen molar-refractivity contribution in [2.75, 3.05) is 14.2 Å². The molecule has 0 spiro atoms. The zero-order valence-electron chi connectivity index (χ0n) is 18.3. The first kappa shape index (κ1) is 22.3. The highest BCUT2D eigenvalue weighted by Crippen LogP contribution is 2.33. The second kappa shape index (κ2) is 9.69. The molecule has 0 atom stereocenters. The van der Waals surface area contributed by atoms with Crippen molar-refractivity contribution in [1.82, 2.24) is 9.80 Å². The van der Waals surface area contributed by atoms with Crippen molar-refractivity contribution in [1.29, 1.82) is 0 Å². The lowest BCUT2D eigenvalue weighted by Crippen LogP contribution is -2.41. The number of ether oxygens (including phenoxy) is 2. The van der Waals surface area contributed by atoms with Crippen LogP contribution in [0.15, 0.2) is 48.2 Å². The Labute approximate surface area is 193 Å². The summed E-state index contributed by atoms with van der Waals surface area (Å²) in [7, 11) is 3.40. The van der Waals surface area contributed by atoms with Crippen LogP contribution in [0, 0.1) is 5.82 Å². The van der Waals surface area contributed by atoms with Crippen LogP contribution in [-0.2, 0) is 11.4 Å². The quantitative estimate of drug-likeness (QED) is 0.446. The smallest absolute Gasteiger partial charge is 0.277 e. The van der Waals surface area contributed by atoms with E-state index in [1.807, 2.05) is 25.3 Å². The summed E-state index contributed by atoms with van der Waals surface area (Å²) in [6.07, 6.45) is 7.31. The van der Waals surface area contributed by atoms with Gasteiger partial charge < -0.3 is 14.4 Å². The van der Waals surface area contributed by atoms with Crippen LogP contribution in [0.1, 0.15) is 43.2 Å². The summed E-state index contributed by atoms with van der Waals surface area (Å²) in [6, 6.07) is 12.0. The van der Waals surface area contributed by atoms with Crippen LogP contribution >= 0.6 is 12.2 Å². The number of benzene rings is 2. The molecule has 0 radical (unpaired) electrons. The minimum atomic E-state index is -0.300. The number of carbonyl (C=O) groups excluding carboxylic acids is 1. The monoisotopic (exact) mass is 454 g/mol. The molecule has 2 fully saturated rings. The molecule has 1 aliphatic heterocycles. The van der Waals surface area contributed by atoms with Crippen LogP contribution in [0.4, 0.5) is 4.39 Å². The third-order valence-electron chi connectivity index (χ3n) is 6.01. The molecule has 1 saturated carbocycles. The Hall–Kier alpha value is -2.93. The fourth-order valence-corrected chi connectivity index (χ4v) is 4.61. The topological polar surface area (TPSA) is 42.0 Å². The molecule has 1 aliphatic carbocycles. The van der Waals surface area contributed by atoms with Crippen molar-refractivity contribution in [3.8, 4) is 11.5 Å². The molecular formula is C25H27FN2O3S. The predicted molar refractivity (Wildman–Crippen MR) is 126 cm³/mol. The SMILES string of the molecule is COc1cc(/C=C2/C(=O)N(C3CCCCC3)C(=S)N2C)ccc1OCc1cccc(F)c1. The van der Waals surface area contributed by atoms with Crippen LogP contribution in [-0.4, -0.2) is 41.0 Å². The van der Waals surface area contributed by atoms with Gasteiger partial charge in [0.15, 0.2) is 16.6 Å². The maximum atomic E-state index is 13.4. The second-order valence-corrected chi connectivity index (χ2v) is 8.53. The first-order chi connectivity index (χ1) is 15.5. The minimum Gasteiger partial charge on any atom is -0.493 e. The Kier molecular flexibility index (Phi) is 6.74. The molecule has 1 amide bonds. The summed E-state index contributed by atoms with van der Waals surface area (Å²) in [5.74, 6) is 0.736. The van der Waals surface area contributed by atoms with Crippen molar-refractivity contribution < 1.29 is 18.7 Å². The summed E-state index contributed by atoms with van der Waals surface area (Å²) in [6.45, 7) is 0.223. The van der Waals surface area contributed by atoms with Gasteiger partial charge in [0.25, 0.3) is 5.91 Å². The van der Waals surface area contributed by atoms with Crippen LogP contribution in [0.2, 0.25) is 0 Å². The molecule has 32 heavy (non-hydrogen) atoms. The van der Waals surface area contributed by atoms with Crippen molar-refractivity contribution in [2.24, 2.45) is 0 Å². The summed E-state index contributed by atoms with van der Waals surface area (Å²) < 4.78 is 24.7. The molecule has 5 nitrogen and oxygen atoms in total. The van der Waals surface area contributed by atoms with Gasteiger partial charge in [0, 0.05) is 13.1 Å².